The molecule has 1 amide bonds. The second kappa shape index (κ2) is 9.90. The van der Waals surface area contributed by atoms with Gasteiger partial charge in [0.25, 0.3) is 12.3 Å². The quantitative estimate of drug-likeness (QED) is 0.365. The standard InChI is InChI=1S/C24H23F2N5O4S/c1-27-23(32)15-7-8-18(20(11-15)35-2)29-24-28-12-16-10-19(21(25)26)31(22(16)30-24)13-14-5-4-6-17(9-14)36(3,33)34/h4-12,21H,13H2,1-3H3,(H,27,32)(H,28,29,30). The number of hydrogen-bond acceptors (Lipinski definition) is 7. The minimum atomic E-state index is -3.46. The first kappa shape index (κ1) is 25.0. The number of carbonyl (C=O) groups is 1. The topological polar surface area (TPSA) is 115 Å². The van der Waals surface area contributed by atoms with E-state index in [0.29, 0.717) is 28.0 Å². The van der Waals surface area contributed by atoms with Crippen LogP contribution in [0.25, 0.3) is 11.0 Å². The van der Waals surface area contributed by atoms with E-state index in [-0.39, 0.29) is 34.6 Å². The second-order valence-corrected chi connectivity index (χ2v) is 9.98. The Morgan fingerprint density at radius 1 is 1.17 bits per heavy atom. The Balaban J connectivity index is 1.74. The molecule has 2 aromatic carbocycles. The molecule has 0 saturated carbocycles. The molecule has 0 bridgehead atoms. The molecular weight excluding hydrogens is 492 g/mol. The summed E-state index contributed by atoms with van der Waals surface area (Å²) in [7, 11) is -0.496. The van der Waals surface area contributed by atoms with Gasteiger partial charge in [-0.15, -0.1) is 0 Å². The third-order valence-corrected chi connectivity index (χ3v) is 6.61. The fourth-order valence-electron chi connectivity index (χ4n) is 3.72. The Bertz CT molecular complexity index is 1550. The van der Waals surface area contributed by atoms with Crippen molar-refractivity contribution in [3.63, 3.8) is 0 Å². The maximum atomic E-state index is 13.9. The third kappa shape index (κ3) is 5.13. The highest BCUT2D eigenvalue weighted by Crippen LogP contribution is 2.31. The number of alkyl halides is 2. The summed E-state index contributed by atoms with van der Waals surface area (Å²) in [6, 6.07) is 12.2. The molecule has 0 spiro atoms. The van der Waals surface area contributed by atoms with Crippen molar-refractivity contribution < 1.29 is 26.7 Å². The van der Waals surface area contributed by atoms with Crippen molar-refractivity contribution in [3.05, 3.63) is 71.5 Å². The summed E-state index contributed by atoms with van der Waals surface area (Å²) in [6.07, 6.45) is -0.278. The molecule has 2 N–H and O–H groups in total. The molecular formula is C24H23F2N5O4S. The van der Waals surface area contributed by atoms with Crippen LogP contribution in [0.1, 0.15) is 28.0 Å². The molecule has 0 radical (unpaired) electrons. The number of benzene rings is 2. The van der Waals surface area contributed by atoms with Crippen LogP contribution in [-0.2, 0) is 16.4 Å². The molecule has 188 valence electrons. The summed E-state index contributed by atoms with van der Waals surface area (Å²) in [4.78, 5) is 20.7. The molecule has 0 aliphatic heterocycles. The van der Waals surface area contributed by atoms with Crippen molar-refractivity contribution >= 4 is 38.4 Å². The zero-order valence-corrected chi connectivity index (χ0v) is 20.4. The smallest absolute Gasteiger partial charge is 0.278 e. The minimum absolute atomic E-state index is 0.0207. The number of amides is 1. The van der Waals surface area contributed by atoms with Gasteiger partial charge < -0.3 is 19.9 Å². The molecule has 12 heteroatoms. The summed E-state index contributed by atoms with van der Waals surface area (Å²) in [5.41, 5.74) is 1.36. The van der Waals surface area contributed by atoms with E-state index in [0.717, 1.165) is 6.26 Å². The zero-order chi connectivity index (χ0) is 26.0. The van der Waals surface area contributed by atoms with E-state index in [1.807, 2.05) is 0 Å². The number of rotatable bonds is 8. The van der Waals surface area contributed by atoms with E-state index in [9.17, 15) is 22.0 Å². The monoisotopic (exact) mass is 515 g/mol. The largest absolute Gasteiger partial charge is 0.495 e. The number of halogens is 2. The van der Waals surface area contributed by atoms with Gasteiger partial charge in [0, 0.05) is 37.0 Å². The van der Waals surface area contributed by atoms with Crippen molar-refractivity contribution in [2.24, 2.45) is 0 Å². The predicted molar refractivity (Wildman–Crippen MR) is 131 cm³/mol. The van der Waals surface area contributed by atoms with Gasteiger partial charge in [0.15, 0.2) is 9.84 Å². The summed E-state index contributed by atoms with van der Waals surface area (Å²) in [6.45, 7) is -0.0207. The van der Waals surface area contributed by atoms with Crippen molar-refractivity contribution in [2.75, 3.05) is 25.7 Å². The van der Waals surface area contributed by atoms with Crippen LogP contribution < -0.4 is 15.4 Å². The zero-order valence-electron chi connectivity index (χ0n) is 19.6. The Hall–Kier alpha value is -4.06. The first-order valence-corrected chi connectivity index (χ1v) is 12.6. The molecule has 0 fully saturated rings. The normalized spacial score (nSPS) is 11.6. The third-order valence-electron chi connectivity index (χ3n) is 5.49. The average Bonchev–Trinajstić information content (AvgIpc) is 3.21. The van der Waals surface area contributed by atoms with Crippen molar-refractivity contribution in [2.45, 2.75) is 17.9 Å². The van der Waals surface area contributed by atoms with Gasteiger partial charge in [0.1, 0.15) is 11.4 Å². The van der Waals surface area contributed by atoms with Gasteiger partial charge in [-0.1, -0.05) is 12.1 Å². The molecule has 4 aromatic rings. The van der Waals surface area contributed by atoms with Crippen LogP contribution in [0.2, 0.25) is 0 Å². The number of sulfone groups is 1. The molecule has 0 aliphatic rings. The van der Waals surface area contributed by atoms with Gasteiger partial charge in [-0.3, -0.25) is 4.79 Å². The first-order valence-electron chi connectivity index (χ1n) is 10.7. The number of methoxy groups -OCH3 is 1. The van der Waals surface area contributed by atoms with Crippen LogP contribution in [0.15, 0.2) is 59.6 Å². The lowest BCUT2D eigenvalue weighted by Crippen LogP contribution is -2.17. The number of hydrogen-bond donors (Lipinski definition) is 2. The fraction of sp³-hybridized carbons (Fsp3) is 0.208. The summed E-state index contributed by atoms with van der Waals surface area (Å²) in [5, 5.41) is 5.93. The predicted octanol–water partition coefficient (Wildman–Crippen LogP) is 3.93. The summed E-state index contributed by atoms with van der Waals surface area (Å²) >= 11 is 0. The Labute approximate surface area is 206 Å². The molecule has 0 aliphatic carbocycles. The Kier molecular flexibility index (Phi) is 6.88. The number of carbonyl (C=O) groups excluding carboxylic acids is 1. The van der Waals surface area contributed by atoms with E-state index in [2.05, 4.69) is 20.6 Å². The molecule has 2 heterocycles. The maximum absolute atomic E-state index is 13.9. The highest BCUT2D eigenvalue weighted by atomic mass is 32.2. The molecule has 4 rings (SSSR count). The van der Waals surface area contributed by atoms with Gasteiger partial charge in [-0.05, 0) is 42.0 Å². The summed E-state index contributed by atoms with van der Waals surface area (Å²) in [5.74, 6) is 0.203. The maximum Gasteiger partial charge on any atom is 0.278 e. The lowest BCUT2D eigenvalue weighted by Gasteiger charge is -2.13. The van der Waals surface area contributed by atoms with Crippen LogP contribution in [0.4, 0.5) is 20.4 Å². The lowest BCUT2D eigenvalue weighted by molar-refractivity contribution is 0.0962. The van der Waals surface area contributed by atoms with E-state index in [4.69, 9.17) is 4.74 Å². The highest BCUT2D eigenvalue weighted by molar-refractivity contribution is 7.90. The SMILES string of the molecule is CNC(=O)c1ccc(Nc2ncc3cc(C(F)F)n(Cc4cccc(S(C)(=O)=O)c4)c3n2)c(OC)c1. The van der Waals surface area contributed by atoms with Gasteiger partial charge in [0.2, 0.25) is 5.95 Å². The van der Waals surface area contributed by atoms with Crippen LogP contribution in [0.3, 0.4) is 0 Å². The van der Waals surface area contributed by atoms with Gasteiger partial charge in [0.05, 0.1) is 23.4 Å². The molecule has 2 aromatic heterocycles. The highest BCUT2D eigenvalue weighted by Gasteiger charge is 2.20. The number of aromatic nitrogens is 3. The average molecular weight is 516 g/mol. The molecule has 36 heavy (non-hydrogen) atoms. The molecule has 0 saturated heterocycles. The molecule has 9 nitrogen and oxygen atoms in total. The number of nitrogens with one attached hydrogen (secondary N) is 2. The number of ether oxygens (including phenoxy) is 1. The summed E-state index contributed by atoms with van der Waals surface area (Å²) < 4.78 is 58.3. The first-order chi connectivity index (χ1) is 17.1. The van der Waals surface area contributed by atoms with Crippen molar-refractivity contribution in [1.29, 1.82) is 0 Å². The minimum Gasteiger partial charge on any atom is -0.495 e. The van der Waals surface area contributed by atoms with Crippen LogP contribution in [0.5, 0.6) is 5.75 Å². The van der Waals surface area contributed by atoms with Crippen molar-refractivity contribution in [3.8, 4) is 5.75 Å². The van der Waals surface area contributed by atoms with E-state index in [1.54, 1.807) is 30.3 Å². The fourth-order valence-corrected chi connectivity index (χ4v) is 4.42. The van der Waals surface area contributed by atoms with E-state index >= 15 is 0 Å². The number of anilines is 2. The van der Waals surface area contributed by atoms with Gasteiger partial charge in [-0.25, -0.2) is 22.2 Å². The lowest BCUT2D eigenvalue weighted by atomic mass is 10.1. The molecule has 0 unspecified atom stereocenters. The Morgan fingerprint density at radius 3 is 2.61 bits per heavy atom. The number of nitrogens with zero attached hydrogens (tertiary/aromatic N) is 3. The van der Waals surface area contributed by atoms with Crippen LogP contribution in [0, 0.1) is 0 Å². The second-order valence-electron chi connectivity index (χ2n) is 7.97. The van der Waals surface area contributed by atoms with E-state index < -0.39 is 16.3 Å². The van der Waals surface area contributed by atoms with Gasteiger partial charge >= 0.3 is 0 Å². The van der Waals surface area contributed by atoms with Gasteiger partial charge in [-0.2, -0.15) is 4.98 Å². The van der Waals surface area contributed by atoms with Crippen LogP contribution in [-0.4, -0.2) is 49.3 Å². The number of fused-ring (bicyclic) bond motifs is 1. The molecule has 0 atom stereocenters. The Morgan fingerprint density at radius 2 is 1.94 bits per heavy atom. The van der Waals surface area contributed by atoms with Crippen molar-refractivity contribution in [1.82, 2.24) is 19.9 Å². The van der Waals surface area contributed by atoms with Crippen LogP contribution >= 0.6 is 0 Å². The van der Waals surface area contributed by atoms with E-state index in [1.165, 1.54) is 43.1 Å².